The van der Waals surface area contributed by atoms with E-state index >= 15 is 0 Å². The Morgan fingerprint density at radius 3 is 2.66 bits per heavy atom. The molecule has 4 heterocycles. The molecule has 1 aromatic carbocycles. The van der Waals surface area contributed by atoms with Crippen molar-refractivity contribution in [3.63, 3.8) is 0 Å². The number of hydrogen-bond donors (Lipinski definition) is 1. The molecule has 182 valence electrons. The summed E-state index contributed by atoms with van der Waals surface area (Å²) in [7, 11) is 0. The Balaban J connectivity index is 1.34. The molecule has 5 rings (SSSR count). The van der Waals surface area contributed by atoms with Crippen LogP contribution in [0.15, 0.2) is 55.1 Å². The van der Waals surface area contributed by atoms with Crippen molar-refractivity contribution in [3.8, 4) is 17.1 Å². The summed E-state index contributed by atoms with van der Waals surface area (Å²) in [4.78, 5) is 18.4. The number of ether oxygens (including phenoxy) is 1. The van der Waals surface area contributed by atoms with Gasteiger partial charge in [0.15, 0.2) is 11.5 Å². The van der Waals surface area contributed by atoms with E-state index in [1.165, 1.54) is 12.0 Å². The lowest BCUT2D eigenvalue weighted by Gasteiger charge is -2.43. The van der Waals surface area contributed by atoms with Crippen LogP contribution in [0.4, 0.5) is 17.2 Å². The molecule has 35 heavy (non-hydrogen) atoms. The van der Waals surface area contributed by atoms with Gasteiger partial charge in [-0.2, -0.15) is 5.10 Å². The fourth-order valence-electron chi connectivity index (χ4n) is 4.76. The number of hydrogen-bond acceptors (Lipinski definition) is 8. The van der Waals surface area contributed by atoms with E-state index < -0.39 is 0 Å². The first-order valence-electron chi connectivity index (χ1n) is 12.2. The van der Waals surface area contributed by atoms with Crippen LogP contribution in [0.3, 0.4) is 0 Å². The topological polar surface area (TPSA) is 83.7 Å². The van der Waals surface area contributed by atoms with Gasteiger partial charge >= 0.3 is 0 Å². The Morgan fingerprint density at radius 2 is 1.91 bits per heavy atom. The highest BCUT2D eigenvalue weighted by Crippen LogP contribution is 2.27. The Morgan fingerprint density at radius 1 is 1.09 bits per heavy atom. The molecule has 3 aromatic heterocycles. The average Bonchev–Trinajstić information content (AvgIpc) is 3.35. The number of piperazine rings is 1. The molecule has 1 aliphatic heterocycles. The number of fused-ring (bicyclic) bond motifs is 1. The number of pyridine rings is 1. The van der Waals surface area contributed by atoms with Gasteiger partial charge in [0.05, 0.1) is 18.5 Å². The average molecular weight is 473 g/mol. The summed E-state index contributed by atoms with van der Waals surface area (Å²) < 4.78 is 7.33. The molecular weight excluding hydrogens is 440 g/mol. The van der Waals surface area contributed by atoms with Crippen molar-refractivity contribution in [1.82, 2.24) is 29.5 Å². The minimum absolute atomic E-state index is 0.538. The zero-order valence-electron chi connectivity index (χ0n) is 20.7. The largest absolute Gasteiger partial charge is 0.478 e. The monoisotopic (exact) mass is 472 g/mol. The normalized spacial score (nSPS) is 16.7. The van der Waals surface area contributed by atoms with Crippen LogP contribution >= 0.6 is 0 Å². The Bertz CT molecular complexity index is 1290. The first-order chi connectivity index (χ1) is 17.0. The van der Waals surface area contributed by atoms with Crippen LogP contribution in [0.25, 0.3) is 16.9 Å². The van der Waals surface area contributed by atoms with Gasteiger partial charge in [0.2, 0.25) is 5.88 Å². The molecule has 0 bridgehead atoms. The molecular formula is C26H32N8O. The zero-order valence-corrected chi connectivity index (χ0v) is 20.7. The molecule has 0 spiro atoms. The molecule has 1 unspecified atom stereocenters. The van der Waals surface area contributed by atoms with E-state index in [1.54, 1.807) is 16.9 Å². The maximum atomic E-state index is 5.54. The number of benzene rings is 1. The molecule has 1 atom stereocenters. The van der Waals surface area contributed by atoms with Crippen molar-refractivity contribution in [2.24, 2.45) is 0 Å². The maximum Gasteiger partial charge on any atom is 0.213 e. The molecule has 4 aromatic rings. The van der Waals surface area contributed by atoms with Gasteiger partial charge in [0, 0.05) is 60.9 Å². The molecule has 9 heteroatoms. The summed E-state index contributed by atoms with van der Waals surface area (Å²) in [6, 6.07) is 13.4. The van der Waals surface area contributed by atoms with Crippen LogP contribution in [0.2, 0.25) is 0 Å². The van der Waals surface area contributed by atoms with Crippen molar-refractivity contribution < 1.29 is 4.74 Å². The van der Waals surface area contributed by atoms with Crippen LogP contribution in [0.1, 0.15) is 27.7 Å². The third-order valence-corrected chi connectivity index (χ3v) is 6.46. The van der Waals surface area contributed by atoms with E-state index in [2.05, 4.69) is 80.2 Å². The Kier molecular flexibility index (Phi) is 6.50. The van der Waals surface area contributed by atoms with Gasteiger partial charge < -0.3 is 15.0 Å². The second kappa shape index (κ2) is 9.87. The van der Waals surface area contributed by atoms with Crippen LogP contribution in [0.5, 0.6) is 5.88 Å². The van der Waals surface area contributed by atoms with Crippen molar-refractivity contribution in [1.29, 1.82) is 0 Å². The number of nitrogens with zero attached hydrogens (tertiary/aromatic N) is 7. The summed E-state index contributed by atoms with van der Waals surface area (Å²) in [6.07, 6.45) is 5.05. The van der Waals surface area contributed by atoms with Crippen molar-refractivity contribution in [2.45, 2.75) is 39.8 Å². The van der Waals surface area contributed by atoms with Gasteiger partial charge in [0.25, 0.3) is 0 Å². The fraction of sp³-hybridized carbons (Fsp3) is 0.385. The minimum Gasteiger partial charge on any atom is -0.478 e. The van der Waals surface area contributed by atoms with Crippen LogP contribution in [-0.4, -0.2) is 67.8 Å². The molecule has 1 N–H and O–H groups in total. The highest BCUT2D eigenvalue weighted by molar-refractivity contribution is 5.74. The van der Waals surface area contributed by atoms with E-state index in [0.29, 0.717) is 36.0 Å². The van der Waals surface area contributed by atoms with Crippen molar-refractivity contribution in [3.05, 3.63) is 55.1 Å². The SMILES string of the molecule is CCOc1cc(-c2cnc(Nc3ccc(N4CCN(C(C)C)C(C)C4)cc3)c3ncnn23)ccn1. The van der Waals surface area contributed by atoms with Crippen molar-refractivity contribution in [2.75, 3.05) is 36.5 Å². The van der Waals surface area contributed by atoms with E-state index in [4.69, 9.17) is 4.74 Å². The maximum absolute atomic E-state index is 5.54. The third-order valence-electron chi connectivity index (χ3n) is 6.46. The summed E-state index contributed by atoms with van der Waals surface area (Å²) in [5, 5.41) is 7.83. The first kappa shape index (κ1) is 23.0. The lowest BCUT2D eigenvalue weighted by Crippen LogP contribution is -2.54. The highest BCUT2D eigenvalue weighted by Gasteiger charge is 2.25. The van der Waals surface area contributed by atoms with Gasteiger partial charge in [-0.25, -0.2) is 19.5 Å². The second-order valence-corrected chi connectivity index (χ2v) is 9.10. The van der Waals surface area contributed by atoms with E-state index in [1.807, 2.05) is 19.1 Å². The molecule has 9 nitrogen and oxygen atoms in total. The number of anilines is 3. The van der Waals surface area contributed by atoms with Gasteiger partial charge in [-0.05, 0) is 58.0 Å². The number of nitrogens with one attached hydrogen (secondary N) is 1. The second-order valence-electron chi connectivity index (χ2n) is 9.10. The quantitative estimate of drug-likeness (QED) is 0.427. The summed E-state index contributed by atoms with van der Waals surface area (Å²) >= 11 is 0. The predicted molar refractivity (Wildman–Crippen MR) is 138 cm³/mol. The molecule has 0 radical (unpaired) electrons. The molecule has 0 amide bonds. The lowest BCUT2D eigenvalue weighted by atomic mass is 10.1. The highest BCUT2D eigenvalue weighted by atomic mass is 16.5. The minimum atomic E-state index is 0.538. The van der Waals surface area contributed by atoms with E-state index in [0.717, 1.165) is 36.6 Å². The summed E-state index contributed by atoms with van der Waals surface area (Å²) in [6.45, 7) is 12.5. The van der Waals surface area contributed by atoms with Crippen molar-refractivity contribution >= 4 is 22.8 Å². The fourth-order valence-corrected chi connectivity index (χ4v) is 4.76. The predicted octanol–water partition coefficient (Wildman–Crippen LogP) is 4.25. The van der Waals surface area contributed by atoms with Gasteiger partial charge in [-0.1, -0.05) is 0 Å². The summed E-state index contributed by atoms with van der Waals surface area (Å²) in [5.74, 6) is 1.22. The van der Waals surface area contributed by atoms with Gasteiger partial charge in [0.1, 0.15) is 6.33 Å². The Hall–Kier alpha value is -3.72. The number of rotatable bonds is 7. The van der Waals surface area contributed by atoms with Gasteiger partial charge in [-0.3, -0.25) is 4.90 Å². The smallest absolute Gasteiger partial charge is 0.213 e. The standard InChI is InChI=1S/C26H32N8O/c1-5-35-24-14-20(10-11-27-24)23-15-28-25(26-29-17-30-34(23)26)31-21-6-8-22(9-7-21)32-12-13-33(18(2)3)19(4)16-32/h6-11,14-15,17-19H,5,12-13,16H2,1-4H3,(H,28,31). The van der Waals surface area contributed by atoms with E-state index in [-0.39, 0.29) is 0 Å². The van der Waals surface area contributed by atoms with Crippen LogP contribution in [-0.2, 0) is 0 Å². The third kappa shape index (κ3) is 4.77. The molecule has 0 saturated carbocycles. The van der Waals surface area contributed by atoms with Gasteiger partial charge in [-0.15, -0.1) is 0 Å². The zero-order chi connectivity index (χ0) is 24.4. The van der Waals surface area contributed by atoms with Crippen LogP contribution < -0.4 is 15.0 Å². The Labute approximate surface area is 205 Å². The molecule has 1 fully saturated rings. The van der Waals surface area contributed by atoms with Crippen LogP contribution in [0, 0.1) is 0 Å². The first-order valence-corrected chi connectivity index (χ1v) is 12.2. The number of aromatic nitrogens is 5. The summed E-state index contributed by atoms with van der Waals surface area (Å²) in [5.41, 5.74) is 4.57. The molecule has 0 aliphatic carbocycles. The van der Waals surface area contributed by atoms with E-state index in [9.17, 15) is 0 Å². The molecule has 1 aliphatic rings. The lowest BCUT2D eigenvalue weighted by molar-refractivity contribution is 0.148. The molecule has 1 saturated heterocycles.